The van der Waals surface area contributed by atoms with Gasteiger partial charge >= 0.3 is 0 Å². The van der Waals surface area contributed by atoms with Crippen LogP contribution in [-0.4, -0.2) is 85.8 Å². The molecule has 0 radical (unpaired) electrons. The predicted molar refractivity (Wildman–Crippen MR) is 81.0 cm³/mol. The number of fused-ring (bicyclic) bond motifs is 3. The zero-order valence-corrected chi connectivity index (χ0v) is 14.3. The van der Waals surface area contributed by atoms with Gasteiger partial charge in [-0.3, -0.25) is 0 Å². The Morgan fingerprint density at radius 3 is 2.21 bits per heavy atom. The van der Waals surface area contributed by atoms with E-state index in [4.69, 9.17) is 14.2 Å². The molecule has 8 heteroatoms. The van der Waals surface area contributed by atoms with E-state index in [0.29, 0.717) is 19.3 Å². The molecule has 0 spiro atoms. The monoisotopic (exact) mass is 348 g/mol. The molecule has 0 aromatic carbocycles. The molecule has 5 N–H and O–H groups in total. The van der Waals surface area contributed by atoms with Crippen LogP contribution in [0.3, 0.4) is 0 Å². The number of aliphatic hydroxyl groups is 5. The molecule has 8 nitrogen and oxygen atoms in total. The van der Waals surface area contributed by atoms with Gasteiger partial charge in [0.1, 0.15) is 30.0 Å². The topological polar surface area (TPSA) is 129 Å². The fraction of sp³-hybridized carbons (Fsp3) is 1.00. The van der Waals surface area contributed by atoms with E-state index < -0.39 is 60.2 Å². The molecule has 8 atom stereocenters. The van der Waals surface area contributed by atoms with E-state index in [9.17, 15) is 25.5 Å². The first-order chi connectivity index (χ1) is 11.1. The van der Waals surface area contributed by atoms with Gasteiger partial charge in [0.25, 0.3) is 0 Å². The highest BCUT2D eigenvalue weighted by molar-refractivity contribution is 5.13. The number of hydrogen-bond donors (Lipinski definition) is 5. The average Bonchev–Trinajstić information content (AvgIpc) is 2.50. The van der Waals surface area contributed by atoms with E-state index in [1.807, 2.05) is 20.8 Å². The molecular formula is C16H28O8. The third-order valence-corrected chi connectivity index (χ3v) is 6.03. The van der Waals surface area contributed by atoms with Gasteiger partial charge in [0.2, 0.25) is 0 Å². The van der Waals surface area contributed by atoms with Crippen molar-refractivity contribution in [3.05, 3.63) is 0 Å². The van der Waals surface area contributed by atoms with Crippen molar-refractivity contribution >= 4 is 0 Å². The van der Waals surface area contributed by atoms with Gasteiger partial charge in [-0.15, -0.1) is 0 Å². The molecule has 140 valence electrons. The Kier molecular flexibility index (Phi) is 4.50. The summed E-state index contributed by atoms with van der Waals surface area (Å²) in [5, 5.41) is 49.7. The van der Waals surface area contributed by atoms with Crippen molar-refractivity contribution in [2.24, 2.45) is 0 Å². The zero-order chi connectivity index (χ0) is 17.9. The fourth-order valence-corrected chi connectivity index (χ4v) is 4.22. The summed E-state index contributed by atoms with van der Waals surface area (Å²) in [5.41, 5.74) is -2.28. The molecule has 1 saturated carbocycles. The summed E-state index contributed by atoms with van der Waals surface area (Å²) in [6, 6.07) is 0. The van der Waals surface area contributed by atoms with Crippen LogP contribution >= 0.6 is 0 Å². The van der Waals surface area contributed by atoms with Gasteiger partial charge in [-0.2, -0.15) is 0 Å². The normalized spacial score (nSPS) is 54.0. The van der Waals surface area contributed by atoms with Gasteiger partial charge in [-0.05, 0) is 33.6 Å². The van der Waals surface area contributed by atoms with Gasteiger partial charge in [0, 0.05) is 6.42 Å². The lowest BCUT2D eigenvalue weighted by Gasteiger charge is -2.63. The van der Waals surface area contributed by atoms with E-state index in [-0.39, 0.29) is 0 Å². The lowest BCUT2D eigenvalue weighted by Crippen LogP contribution is -2.73. The summed E-state index contributed by atoms with van der Waals surface area (Å²) in [4.78, 5) is 0. The molecule has 0 aromatic heterocycles. The number of ether oxygens (including phenoxy) is 3. The quantitative estimate of drug-likeness (QED) is 0.424. The molecule has 4 rings (SSSR count). The van der Waals surface area contributed by atoms with Crippen molar-refractivity contribution in [3.63, 3.8) is 0 Å². The lowest BCUT2D eigenvalue weighted by molar-refractivity contribution is -0.396. The molecule has 0 aromatic rings. The van der Waals surface area contributed by atoms with E-state index >= 15 is 0 Å². The van der Waals surface area contributed by atoms with Crippen LogP contribution in [0, 0.1) is 0 Å². The van der Waals surface area contributed by atoms with Crippen molar-refractivity contribution < 1.29 is 39.7 Å². The second kappa shape index (κ2) is 5.85. The average molecular weight is 348 g/mol. The minimum absolute atomic E-state index is 0.311. The van der Waals surface area contributed by atoms with Gasteiger partial charge < -0.3 is 39.7 Å². The highest BCUT2D eigenvalue weighted by Crippen LogP contribution is 2.54. The summed E-state index contributed by atoms with van der Waals surface area (Å²) in [5.74, 6) is 0. The molecule has 0 unspecified atom stereocenters. The highest BCUT2D eigenvalue weighted by Gasteiger charge is 2.64. The Labute approximate surface area is 141 Å². The SMILES string of the molecule is CC1(C)O[C@]2(C)CC[C@@]1(O[C@@H]1O[C@H](CO)[C@@H](O)[C@H](O)[C@H]1O)C[C@@H]2O. The Bertz CT molecular complexity index is 483. The molecule has 4 aliphatic rings. The second-order valence-corrected chi connectivity index (χ2v) is 7.95. The summed E-state index contributed by atoms with van der Waals surface area (Å²) in [7, 11) is 0. The van der Waals surface area contributed by atoms with Gasteiger partial charge in [0.15, 0.2) is 6.29 Å². The fourth-order valence-electron chi connectivity index (χ4n) is 4.22. The largest absolute Gasteiger partial charge is 0.394 e. The molecule has 3 aliphatic heterocycles. The van der Waals surface area contributed by atoms with E-state index in [1.54, 1.807) is 0 Å². The lowest BCUT2D eigenvalue weighted by atomic mass is 9.64. The van der Waals surface area contributed by atoms with Crippen LogP contribution < -0.4 is 0 Å². The van der Waals surface area contributed by atoms with Crippen LogP contribution in [0.15, 0.2) is 0 Å². The van der Waals surface area contributed by atoms with Crippen LogP contribution in [-0.2, 0) is 14.2 Å². The number of aliphatic hydroxyl groups excluding tert-OH is 5. The van der Waals surface area contributed by atoms with Crippen LogP contribution in [0.25, 0.3) is 0 Å². The zero-order valence-electron chi connectivity index (χ0n) is 14.3. The van der Waals surface area contributed by atoms with E-state index in [1.165, 1.54) is 0 Å². The summed E-state index contributed by atoms with van der Waals surface area (Å²) in [6.45, 7) is 5.08. The van der Waals surface area contributed by atoms with Gasteiger partial charge in [-0.25, -0.2) is 0 Å². The maximum absolute atomic E-state index is 10.4. The Balaban J connectivity index is 1.83. The summed E-state index contributed by atoms with van der Waals surface area (Å²) >= 11 is 0. The molecule has 4 fully saturated rings. The molecule has 3 saturated heterocycles. The first-order valence-electron chi connectivity index (χ1n) is 8.42. The van der Waals surface area contributed by atoms with Crippen molar-refractivity contribution in [1.29, 1.82) is 0 Å². The van der Waals surface area contributed by atoms with Crippen molar-refractivity contribution in [3.8, 4) is 0 Å². The minimum atomic E-state index is -1.50. The van der Waals surface area contributed by atoms with Crippen molar-refractivity contribution in [2.45, 2.75) is 93.6 Å². The van der Waals surface area contributed by atoms with Crippen LogP contribution in [0.5, 0.6) is 0 Å². The molecule has 24 heavy (non-hydrogen) atoms. The summed E-state index contributed by atoms with van der Waals surface area (Å²) in [6.07, 6.45) is -5.89. The maximum Gasteiger partial charge on any atom is 0.187 e. The third-order valence-electron chi connectivity index (χ3n) is 6.03. The predicted octanol–water partition coefficient (Wildman–Crippen LogP) is -1.35. The number of hydrogen-bond acceptors (Lipinski definition) is 8. The molecule has 0 amide bonds. The van der Waals surface area contributed by atoms with Crippen LogP contribution in [0.4, 0.5) is 0 Å². The second-order valence-electron chi connectivity index (χ2n) is 7.95. The first kappa shape index (κ1) is 18.5. The molecule has 2 bridgehead atoms. The van der Waals surface area contributed by atoms with E-state index in [0.717, 1.165) is 0 Å². The van der Waals surface area contributed by atoms with E-state index in [2.05, 4.69) is 0 Å². The van der Waals surface area contributed by atoms with Crippen LogP contribution in [0.1, 0.15) is 40.0 Å². The smallest absolute Gasteiger partial charge is 0.187 e. The molecule has 3 heterocycles. The first-order valence-corrected chi connectivity index (χ1v) is 8.42. The van der Waals surface area contributed by atoms with Gasteiger partial charge in [0.05, 0.1) is 23.9 Å². The Morgan fingerprint density at radius 2 is 1.67 bits per heavy atom. The van der Waals surface area contributed by atoms with Crippen LogP contribution in [0.2, 0.25) is 0 Å². The third kappa shape index (κ3) is 2.60. The Morgan fingerprint density at radius 1 is 1.00 bits per heavy atom. The van der Waals surface area contributed by atoms with Gasteiger partial charge in [-0.1, -0.05) is 0 Å². The highest BCUT2D eigenvalue weighted by atomic mass is 16.7. The molecule has 1 aliphatic carbocycles. The number of rotatable bonds is 3. The standard InChI is InChI=1S/C16H28O8/c1-14(2)16(5-4-15(3,24-14)9(18)6-16)23-13-12(21)11(20)10(19)8(7-17)22-13/h8-13,17-21H,4-7H2,1-3H3/t8-,9+,10-,11+,12-,13+,15-,16-/m1/s1. The molecular weight excluding hydrogens is 320 g/mol. The minimum Gasteiger partial charge on any atom is -0.394 e. The Hall–Kier alpha value is -0.320. The maximum atomic E-state index is 10.4. The summed E-state index contributed by atoms with van der Waals surface area (Å²) < 4.78 is 17.6. The van der Waals surface area contributed by atoms with Crippen molar-refractivity contribution in [2.75, 3.05) is 6.61 Å². The van der Waals surface area contributed by atoms with Crippen molar-refractivity contribution in [1.82, 2.24) is 0 Å².